The van der Waals surface area contributed by atoms with Gasteiger partial charge in [0.2, 0.25) is 5.91 Å². The van der Waals surface area contributed by atoms with Gasteiger partial charge in [0.15, 0.2) is 0 Å². The lowest BCUT2D eigenvalue weighted by Gasteiger charge is -2.38. The Kier molecular flexibility index (Phi) is 5.73. The zero-order valence-corrected chi connectivity index (χ0v) is 15.3. The van der Waals surface area contributed by atoms with E-state index in [4.69, 9.17) is 4.74 Å². The molecule has 2 heterocycles. The number of hydrogen-bond acceptors (Lipinski definition) is 6. The summed E-state index contributed by atoms with van der Waals surface area (Å²) in [5, 5.41) is 11.2. The molecule has 0 bridgehead atoms. The van der Waals surface area contributed by atoms with E-state index in [2.05, 4.69) is 4.90 Å². The van der Waals surface area contributed by atoms with E-state index in [0.29, 0.717) is 51.5 Å². The summed E-state index contributed by atoms with van der Waals surface area (Å²) in [6, 6.07) is 6.82. The molecule has 2 aliphatic rings. The fraction of sp³-hybridized carbons (Fsp3) is 0.611. The number of piperazine rings is 1. The van der Waals surface area contributed by atoms with E-state index < -0.39 is 0 Å². The molecule has 0 radical (unpaired) electrons. The number of nitro groups is 1. The molecule has 2 atom stereocenters. The number of morpholine rings is 1. The van der Waals surface area contributed by atoms with Crippen LogP contribution in [0, 0.1) is 10.1 Å². The summed E-state index contributed by atoms with van der Waals surface area (Å²) in [5.41, 5.74) is 0.785. The summed E-state index contributed by atoms with van der Waals surface area (Å²) in [5.74, 6) is 0.131. The minimum Gasteiger partial charge on any atom is -0.372 e. The molecule has 1 amide bonds. The van der Waals surface area contributed by atoms with Crippen LogP contribution in [0.1, 0.15) is 13.8 Å². The smallest absolute Gasteiger partial charge is 0.292 e. The quantitative estimate of drug-likeness (QED) is 0.594. The van der Waals surface area contributed by atoms with E-state index in [0.717, 1.165) is 0 Å². The zero-order valence-electron chi connectivity index (χ0n) is 15.3. The van der Waals surface area contributed by atoms with Gasteiger partial charge in [-0.25, -0.2) is 0 Å². The number of amides is 1. The summed E-state index contributed by atoms with van der Waals surface area (Å²) < 4.78 is 5.68. The van der Waals surface area contributed by atoms with Crippen molar-refractivity contribution in [1.82, 2.24) is 9.80 Å². The number of rotatable bonds is 4. The Balaban J connectivity index is 1.54. The van der Waals surface area contributed by atoms with Crippen molar-refractivity contribution in [3.63, 3.8) is 0 Å². The molecule has 142 valence electrons. The number of carbonyl (C=O) groups is 1. The molecule has 8 heteroatoms. The molecule has 0 unspecified atom stereocenters. The maximum Gasteiger partial charge on any atom is 0.292 e. The molecule has 8 nitrogen and oxygen atoms in total. The summed E-state index contributed by atoms with van der Waals surface area (Å²) in [7, 11) is 0. The molecule has 26 heavy (non-hydrogen) atoms. The molecule has 0 N–H and O–H groups in total. The lowest BCUT2D eigenvalue weighted by atomic mass is 10.2. The fourth-order valence-electron chi connectivity index (χ4n) is 3.71. The Labute approximate surface area is 153 Å². The standard InChI is InChI=1S/C18H26N4O4/c1-14-11-21(12-15(2)26-14)18(23)13-19-7-9-20(10-8-19)16-5-3-4-6-17(16)22(24)25/h3-6,14-15H,7-13H2,1-2H3/t14-,15-/m1/s1. The van der Waals surface area contributed by atoms with Crippen molar-refractivity contribution in [2.75, 3.05) is 50.7 Å². The van der Waals surface area contributed by atoms with E-state index in [1.165, 1.54) is 6.07 Å². The van der Waals surface area contributed by atoms with E-state index in [1.54, 1.807) is 12.1 Å². The van der Waals surface area contributed by atoms with Crippen molar-refractivity contribution in [2.24, 2.45) is 0 Å². The highest BCUT2D eigenvalue weighted by atomic mass is 16.6. The van der Waals surface area contributed by atoms with Crippen molar-refractivity contribution in [1.29, 1.82) is 0 Å². The Morgan fingerprint density at radius 3 is 2.38 bits per heavy atom. The lowest BCUT2D eigenvalue weighted by molar-refractivity contribution is -0.384. The zero-order chi connectivity index (χ0) is 18.7. The van der Waals surface area contributed by atoms with Crippen LogP contribution >= 0.6 is 0 Å². The van der Waals surface area contributed by atoms with Crippen LogP contribution in [0.2, 0.25) is 0 Å². The fourth-order valence-corrected chi connectivity index (χ4v) is 3.71. The normalized spacial score (nSPS) is 24.5. The average molecular weight is 362 g/mol. The SMILES string of the molecule is C[C@@H]1CN(C(=O)CN2CCN(c3ccccc3[N+](=O)[O-])CC2)C[C@@H](C)O1. The van der Waals surface area contributed by atoms with Crippen LogP contribution in [0.25, 0.3) is 0 Å². The second-order valence-corrected chi connectivity index (χ2v) is 7.07. The first-order valence-corrected chi connectivity index (χ1v) is 9.08. The number of para-hydroxylation sites is 2. The summed E-state index contributed by atoms with van der Waals surface area (Å²) in [4.78, 5) is 29.5. The van der Waals surface area contributed by atoms with Gasteiger partial charge in [-0.1, -0.05) is 12.1 Å². The molecule has 2 saturated heterocycles. The van der Waals surface area contributed by atoms with E-state index in [9.17, 15) is 14.9 Å². The van der Waals surface area contributed by atoms with Crippen molar-refractivity contribution in [2.45, 2.75) is 26.1 Å². The Hall–Kier alpha value is -2.19. The molecule has 0 aromatic heterocycles. The second-order valence-electron chi connectivity index (χ2n) is 7.07. The van der Waals surface area contributed by atoms with Gasteiger partial charge >= 0.3 is 0 Å². The molecule has 2 aliphatic heterocycles. The molecule has 2 fully saturated rings. The number of hydrogen-bond donors (Lipinski definition) is 0. The predicted molar refractivity (Wildman–Crippen MR) is 98.3 cm³/mol. The molecule has 0 aliphatic carbocycles. The minimum absolute atomic E-state index is 0.0678. The second kappa shape index (κ2) is 8.01. The maximum absolute atomic E-state index is 12.6. The first-order valence-electron chi connectivity index (χ1n) is 9.08. The Morgan fingerprint density at radius 2 is 1.77 bits per heavy atom. The minimum atomic E-state index is -0.341. The topological polar surface area (TPSA) is 79.2 Å². The van der Waals surface area contributed by atoms with Gasteiger partial charge in [-0.2, -0.15) is 0 Å². The number of carbonyl (C=O) groups excluding carboxylic acids is 1. The highest BCUT2D eigenvalue weighted by molar-refractivity contribution is 5.78. The molecular weight excluding hydrogens is 336 g/mol. The van der Waals surface area contributed by atoms with Gasteiger partial charge in [-0.15, -0.1) is 0 Å². The third-order valence-electron chi connectivity index (χ3n) is 4.92. The number of anilines is 1. The van der Waals surface area contributed by atoms with Crippen molar-refractivity contribution in [3.8, 4) is 0 Å². The largest absolute Gasteiger partial charge is 0.372 e. The van der Waals surface area contributed by atoms with Gasteiger partial charge in [0, 0.05) is 45.3 Å². The van der Waals surface area contributed by atoms with Crippen molar-refractivity contribution < 1.29 is 14.5 Å². The lowest BCUT2D eigenvalue weighted by Crippen LogP contribution is -2.54. The van der Waals surface area contributed by atoms with Gasteiger partial charge in [-0.05, 0) is 19.9 Å². The van der Waals surface area contributed by atoms with Crippen LogP contribution in [-0.4, -0.2) is 78.7 Å². The third-order valence-corrected chi connectivity index (χ3v) is 4.92. The Bertz CT molecular complexity index is 650. The molecular formula is C18H26N4O4. The average Bonchev–Trinajstić information content (AvgIpc) is 2.61. The van der Waals surface area contributed by atoms with Crippen LogP contribution < -0.4 is 4.90 Å². The van der Waals surface area contributed by atoms with Crippen LogP contribution in [0.5, 0.6) is 0 Å². The predicted octanol–water partition coefficient (Wildman–Crippen LogP) is 1.35. The van der Waals surface area contributed by atoms with Crippen molar-refractivity contribution in [3.05, 3.63) is 34.4 Å². The first-order chi connectivity index (χ1) is 12.4. The van der Waals surface area contributed by atoms with Crippen LogP contribution in [0.3, 0.4) is 0 Å². The highest BCUT2D eigenvalue weighted by Crippen LogP contribution is 2.28. The summed E-state index contributed by atoms with van der Waals surface area (Å²) >= 11 is 0. The van der Waals surface area contributed by atoms with Crippen LogP contribution in [0.15, 0.2) is 24.3 Å². The molecule has 0 saturated carbocycles. The van der Waals surface area contributed by atoms with Gasteiger partial charge in [0.1, 0.15) is 5.69 Å². The van der Waals surface area contributed by atoms with Gasteiger partial charge in [0.25, 0.3) is 5.69 Å². The maximum atomic E-state index is 12.6. The number of nitrogens with zero attached hydrogens (tertiary/aromatic N) is 4. The number of ether oxygens (including phenoxy) is 1. The molecule has 0 spiro atoms. The molecule has 1 aromatic carbocycles. The first kappa shape index (κ1) is 18.6. The molecule has 3 rings (SSSR count). The van der Waals surface area contributed by atoms with E-state index in [-0.39, 0.29) is 28.7 Å². The third kappa shape index (κ3) is 4.31. The van der Waals surface area contributed by atoms with Crippen molar-refractivity contribution >= 4 is 17.3 Å². The molecule has 1 aromatic rings. The van der Waals surface area contributed by atoms with E-state index in [1.807, 2.05) is 29.7 Å². The number of nitro benzene ring substituents is 1. The highest BCUT2D eigenvalue weighted by Gasteiger charge is 2.28. The van der Waals surface area contributed by atoms with Gasteiger partial charge in [0.05, 0.1) is 23.7 Å². The van der Waals surface area contributed by atoms with Gasteiger partial charge in [-0.3, -0.25) is 19.8 Å². The summed E-state index contributed by atoms with van der Waals surface area (Å²) in [6.07, 6.45) is 0.136. The monoisotopic (exact) mass is 362 g/mol. The van der Waals surface area contributed by atoms with Crippen LogP contribution in [0.4, 0.5) is 11.4 Å². The Morgan fingerprint density at radius 1 is 1.15 bits per heavy atom. The number of benzene rings is 1. The van der Waals surface area contributed by atoms with E-state index >= 15 is 0 Å². The van der Waals surface area contributed by atoms with Crippen LogP contribution in [-0.2, 0) is 9.53 Å². The van der Waals surface area contributed by atoms with Gasteiger partial charge < -0.3 is 14.5 Å². The summed E-state index contributed by atoms with van der Waals surface area (Å²) in [6.45, 7) is 8.42.